The highest BCUT2D eigenvalue weighted by atomic mass is 16.6. The molecular weight excluding hydrogens is 1880 g/mol. The Bertz CT molecular complexity index is 3180. The van der Waals surface area contributed by atoms with Gasteiger partial charge in [-0.15, -0.1) is 0 Å². The Kier molecular flexibility index (Phi) is 95.8. The number of benzene rings is 2. The van der Waals surface area contributed by atoms with Crippen LogP contribution in [0.15, 0.2) is 62.9 Å². The first-order valence-electron chi connectivity index (χ1n) is 49.9. The van der Waals surface area contributed by atoms with Gasteiger partial charge in [0.25, 0.3) is 0 Å². The maximum atomic E-state index is 12.2. The SMILES string of the molecule is C1CC2C3CCC(C3)C2C1.CCC(COC)(COC)COC.CCC(COC)(COC)COCC(CC)(COC)COC.COC.COC.COCC(C)(C)COC.COCC(COC)(COC)COC.COCC(COC)(COC)COCC(COC)(COC)COC.COCC(COC)OC.COCCn1c(=O)n(CCOC)c(=O)n(CCOC)c1=O.COCc1ccc(C(C)(C)c2ccc(COC)cc2)cc1. The summed E-state index contributed by atoms with van der Waals surface area (Å²) in [5.74, 6) is 4.80. The number of fused-ring (bicyclic) bond motifs is 5. The minimum Gasteiger partial charge on any atom is -0.388 e. The third-order valence-electron chi connectivity index (χ3n) is 24.9. The van der Waals surface area contributed by atoms with Crippen molar-refractivity contribution in [1.29, 1.82) is 0 Å². The monoisotopic (exact) mass is 2090 g/mol. The summed E-state index contributed by atoms with van der Waals surface area (Å²) in [6.07, 6.45) is 12.5. The van der Waals surface area contributed by atoms with Gasteiger partial charge in [0.2, 0.25) is 0 Å². The largest absolute Gasteiger partial charge is 0.388 e. The first kappa shape index (κ1) is 149. The van der Waals surface area contributed by atoms with E-state index in [-0.39, 0.29) is 88.9 Å². The van der Waals surface area contributed by atoms with E-state index in [2.05, 4.69) is 106 Å². The zero-order valence-corrected chi connectivity index (χ0v) is 97.9. The van der Waals surface area contributed by atoms with Crippen LogP contribution in [0.1, 0.15) is 129 Å². The zero-order valence-electron chi connectivity index (χ0n) is 97.9. The minimum atomic E-state index is -0.659. The van der Waals surface area contributed by atoms with Crippen LogP contribution in [0, 0.1) is 61.6 Å². The van der Waals surface area contributed by atoms with Crippen molar-refractivity contribution in [3.63, 3.8) is 0 Å². The highest BCUT2D eigenvalue weighted by Gasteiger charge is 2.49. The van der Waals surface area contributed by atoms with E-state index in [4.69, 9.17) is 137 Å². The molecule has 3 saturated carbocycles. The fraction of sp³-hybridized carbons (Fsp3) is 0.861. The summed E-state index contributed by atoms with van der Waals surface area (Å²) in [6.45, 7) is 31.8. The Morgan fingerprint density at radius 2 is 0.483 bits per heavy atom. The molecule has 6 rings (SSSR count). The van der Waals surface area contributed by atoms with E-state index in [0.717, 1.165) is 46.2 Å². The Labute approximate surface area is 876 Å². The molecule has 1 heterocycles. The van der Waals surface area contributed by atoms with Gasteiger partial charge >= 0.3 is 17.1 Å². The lowest BCUT2D eigenvalue weighted by Crippen LogP contribution is -2.55. The summed E-state index contributed by atoms with van der Waals surface area (Å²) in [6, 6.07) is 17.3. The van der Waals surface area contributed by atoms with Crippen LogP contribution < -0.4 is 17.1 Å². The molecule has 145 heavy (non-hydrogen) atoms. The van der Waals surface area contributed by atoms with Crippen LogP contribution >= 0.6 is 0 Å². The van der Waals surface area contributed by atoms with E-state index >= 15 is 0 Å². The summed E-state index contributed by atoms with van der Waals surface area (Å²) in [5.41, 5.74) is 2.13. The molecule has 862 valence electrons. The number of ether oxygens (including phenoxy) is 31. The van der Waals surface area contributed by atoms with E-state index < -0.39 is 17.1 Å². The normalized spacial score (nSPS) is 14.9. The van der Waals surface area contributed by atoms with Crippen molar-refractivity contribution in [3.8, 4) is 0 Å². The summed E-state index contributed by atoms with van der Waals surface area (Å²) >= 11 is 0. The number of hydrogen-bond donors (Lipinski definition) is 0. The van der Waals surface area contributed by atoms with Crippen molar-refractivity contribution in [2.45, 2.75) is 151 Å². The third kappa shape index (κ3) is 62.5. The maximum Gasteiger partial charge on any atom is 0.336 e. The van der Waals surface area contributed by atoms with Crippen molar-refractivity contribution in [3.05, 3.63) is 102 Å². The average molecular weight is 2100 g/mol. The molecule has 3 aliphatic carbocycles. The van der Waals surface area contributed by atoms with E-state index in [1.165, 1.54) is 67.3 Å². The molecule has 0 N–H and O–H groups in total. The Balaban J connectivity index is -0.000000512. The van der Waals surface area contributed by atoms with E-state index in [1.54, 1.807) is 238 Å². The summed E-state index contributed by atoms with van der Waals surface area (Å²) < 4.78 is 162. The highest BCUT2D eigenvalue weighted by Crippen LogP contribution is 2.58. The predicted octanol–water partition coefficient (Wildman–Crippen LogP) is 12.5. The van der Waals surface area contributed by atoms with Crippen LogP contribution in [0.25, 0.3) is 0 Å². The number of aromatic nitrogens is 3. The molecule has 3 aromatic rings. The quantitative estimate of drug-likeness (QED) is 0.0506. The smallest absolute Gasteiger partial charge is 0.336 e. The second-order valence-electron chi connectivity index (χ2n) is 38.8. The maximum absolute atomic E-state index is 12.2. The van der Waals surface area contributed by atoms with E-state index in [1.807, 2.05) is 0 Å². The summed E-state index contributed by atoms with van der Waals surface area (Å²) in [5, 5.41) is 0. The number of methoxy groups -OCH3 is 29. The van der Waals surface area contributed by atoms with Crippen LogP contribution in [0.3, 0.4) is 0 Å². The topological polar surface area (TPSA) is 352 Å². The van der Waals surface area contributed by atoms with Gasteiger partial charge < -0.3 is 147 Å². The summed E-state index contributed by atoms with van der Waals surface area (Å²) in [7, 11) is 51.2. The summed E-state index contributed by atoms with van der Waals surface area (Å²) in [4.78, 5) is 36.7. The molecule has 0 radical (unpaired) electrons. The molecule has 4 unspecified atom stereocenters. The molecule has 4 atom stereocenters. The van der Waals surface area contributed by atoms with Crippen LogP contribution in [0.2, 0.25) is 0 Å². The van der Waals surface area contributed by atoms with Crippen molar-refractivity contribution in [1.82, 2.24) is 13.7 Å². The first-order valence-corrected chi connectivity index (χ1v) is 49.9. The lowest BCUT2D eigenvalue weighted by Gasteiger charge is -2.35. The zero-order chi connectivity index (χ0) is 111. The molecule has 0 aliphatic heterocycles. The molecule has 0 amide bonds. The molecule has 3 aliphatic rings. The van der Waals surface area contributed by atoms with Crippen LogP contribution in [0.4, 0.5) is 0 Å². The molecule has 0 saturated heterocycles. The van der Waals surface area contributed by atoms with Gasteiger partial charge in [-0.25, -0.2) is 28.1 Å². The first-order chi connectivity index (χ1) is 69.5. The molecule has 2 aromatic carbocycles. The third-order valence-corrected chi connectivity index (χ3v) is 24.9. The Morgan fingerprint density at radius 3 is 0.683 bits per heavy atom. The van der Waals surface area contributed by atoms with Gasteiger partial charge in [0.15, 0.2) is 0 Å². The number of hydrogen-bond acceptors (Lipinski definition) is 34. The van der Waals surface area contributed by atoms with Gasteiger partial charge in [0.05, 0.1) is 234 Å². The van der Waals surface area contributed by atoms with Crippen LogP contribution in [0.5, 0.6) is 0 Å². The fourth-order valence-corrected chi connectivity index (χ4v) is 18.0. The lowest BCUT2D eigenvalue weighted by molar-refractivity contribution is -0.125. The van der Waals surface area contributed by atoms with Crippen molar-refractivity contribution in [2.75, 3.05) is 405 Å². The number of nitrogens with zero attached hydrogens (tertiary/aromatic N) is 3. The van der Waals surface area contributed by atoms with Gasteiger partial charge in [-0.2, -0.15) is 0 Å². The van der Waals surface area contributed by atoms with Crippen molar-refractivity contribution < 1.29 is 147 Å². The van der Waals surface area contributed by atoms with Gasteiger partial charge in [0.1, 0.15) is 6.10 Å². The van der Waals surface area contributed by atoms with Gasteiger partial charge in [0, 0.05) is 247 Å². The standard InChI is InChI=1S/C19H24O2.C16H34O7.C16H34O5.C12H21N3O6.C10H16.C9H20O4.C9H20O3.C7H16O2.C6H14O3.2C2H6O/c1-19(2,17-9-5-15(6-10-17)13-20-3)18-11-7-16(8-12-18)14-21-4;1-17-7-15(8-18-2,9-19-3)13-23-14-16(10-20-4,11-21-5)12-22-6;1-7-15(9-17-3,10-18-4)13-21-14-16(8-2,11-19-5)12-20-6;1-19-7-4-13-10(16)14(5-8-20-2)12(18)15(11(13)17)6-9-21-3;1-2-9-7-4-5-8(6-7)10(9)3-1;1-10-5-9(6-11-2,7-12-3)8-13-4;1-5-9(6-10-2,7-11-3)8-12-4;1-7(2,5-8-3)6-9-4;1-7-4-6(9-3)5-8-2;2*1-3-2/h5-12H,13-14H2,1-4H3;7-14H2,1-6H3;7-14H2,1-6H3;4-9H2,1-3H3;7-10H,1-6H2;5-8H2,1-4H3;5-8H2,1-4H3;5-6H2,1-4H3;6H,4-5H2,1-3H3;2*1-2H3. The van der Waals surface area contributed by atoms with Crippen molar-refractivity contribution in [2.24, 2.45) is 61.6 Å². The molecular formula is C108H211N3O34. The number of rotatable bonds is 69. The van der Waals surface area contributed by atoms with Crippen molar-refractivity contribution >= 4 is 0 Å². The fourth-order valence-electron chi connectivity index (χ4n) is 18.0. The van der Waals surface area contributed by atoms with Crippen LogP contribution in [-0.2, 0) is 185 Å². The Hall–Kier alpha value is -4.39. The highest BCUT2D eigenvalue weighted by molar-refractivity contribution is 5.39. The average Bonchev–Trinajstić information content (AvgIpc) is 1.64. The molecule has 37 nitrogen and oxygen atoms in total. The minimum absolute atomic E-state index is 0.0167. The molecule has 2 bridgehead atoms. The van der Waals surface area contributed by atoms with Gasteiger partial charge in [-0.3, -0.25) is 0 Å². The second kappa shape index (κ2) is 93.2. The lowest BCUT2D eigenvalue weighted by atomic mass is 9.78. The van der Waals surface area contributed by atoms with Crippen LogP contribution in [-0.4, -0.2) is 425 Å². The second-order valence-corrected chi connectivity index (χ2v) is 38.8. The Morgan fingerprint density at radius 1 is 0.269 bits per heavy atom. The molecule has 3 fully saturated rings. The predicted molar refractivity (Wildman–Crippen MR) is 570 cm³/mol. The van der Waals surface area contributed by atoms with E-state index in [0.29, 0.717) is 165 Å². The van der Waals surface area contributed by atoms with E-state index in [9.17, 15) is 14.4 Å². The van der Waals surface area contributed by atoms with Gasteiger partial charge in [-0.05, 0) is 97.3 Å². The molecule has 1 aromatic heterocycles. The van der Waals surface area contributed by atoms with Gasteiger partial charge in [-0.1, -0.05) is 103 Å². The molecule has 0 spiro atoms. The molecule has 37 heteroatoms.